The molecule has 0 aliphatic carbocycles. The minimum Gasteiger partial charge on any atom is -0.352 e. The molecule has 224 valence electrons. The van der Waals surface area contributed by atoms with Gasteiger partial charge in [0.2, 0.25) is 11.8 Å². The van der Waals surface area contributed by atoms with Gasteiger partial charge in [0.1, 0.15) is 24.2 Å². The second-order valence-electron chi connectivity index (χ2n) is 10.3. The first kappa shape index (κ1) is 31.4. The van der Waals surface area contributed by atoms with Crippen molar-refractivity contribution in [2.45, 2.75) is 43.8 Å². The number of carbonyl (C=O) groups excluding carboxylic acids is 2. The first-order chi connectivity index (χ1) is 20.5. The fourth-order valence-corrected chi connectivity index (χ4v) is 6.01. The Hall–Kier alpha value is -4.57. The lowest BCUT2D eigenvalue weighted by Gasteiger charge is -2.34. The zero-order valence-electron chi connectivity index (χ0n) is 23.9. The minimum atomic E-state index is -4.28. The number of amides is 2. The smallest absolute Gasteiger partial charge is 0.264 e. The van der Waals surface area contributed by atoms with E-state index < -0.39 is 46.1 Å². The molecule has 0 spiro atoms. The first-order valence-electron chi connectivity index (χ1n) is 13.8. The summed E-state index contributed by atoms with van der Waals surface area (Å²) < 4.78 is 56.2. The van der Waals surface area contributed by atoms with Gasteiger partial charge in [0.15, 0.2) is 0 Å². The largest absolute Gasteiger partial charge is 0.352 e. The van der Waals surface area contributed by atoms with Gasteiger partial charge in [-0.15, -0.1) is 0 Å². The van der Waals surface area contributed by atoms with Crippen LogP contribution in [-0.4, -0.2) is 43.8 Å². The van der Waals surface area contributed by atoms with Crippen LogP contribution in [0.1, 0.15) is 25.0 Å². The van der Waals surface area contributed by atoms with Crippen LogP contribution < -0.4 is 9.62 Å². The van der Waals surface area contributed by atoms with Crippen LogP contribution in [0.25, 0.3) is 0 Å². The van der Waals surface area contributed by atoms with E-state index in [4.69, 9.17) is 0 Å². The highest BCUT2D eigenvalue weighted by Gasteiger charge is 2.34. The van der Waals surface area contributed by atoms with E-state index >= 15 is 0 Å². The molecule has 4 rings (SSSR count). The highest BCUT2D eigenvalue weighted by atomic mass is 32.2. The van der Waals surface area contributed by atoms with Gasteiger partial charge in [-0.25, -0.2) is 17.2 Å². The molecule has 10 heteroatoms. The standard InChI is InChI=1S/C33H33F2N3O4S/c1-24(2)36-33(40)31(21-25-9-5-3-6-10-25)37(22-26-13-15-27(34)16-14-26)32(39)23-38(29-19-17-28(35)18-20-29)43(41,42)30-11-7-4-8-12-30/h3-20,24,31H,21-23H2,1-2H3,(H,36,40). The summed E-state index contributed by atoms with van der Waals surface area (Å²) in [5, 5.41) is 2.87. The van der Waals surface area contributed by atoms with Crippen molar-refractivity contribution in [3.8, 4) is 0 Å². The van der Waals surface area contributed by atoms with Gasteiger partial charge in [0.25, 0.3) is 10.0 Å². The number of carbonyl (C=O) groups is 2. The van der Waals surface area contributed by atoms with E-state index in [0.717, 1.165) is 22.0 Å². The Morgan fingerprint density at radius 2 is 1.28 bits per heavy atom. The number of anilines is 1. The predicted molar refractivity (Wildman–Crippen MR) is 162 cm³/mol. The molecule has 43 heavy (non-hydrogen) atoms. The summed E-state index contributed by atoms with van der Waals surface area (Å²) in [6.45, 7) is 2.83. The monoisotopic (exact) mass is 605 g/mol. The molecule has 4 aromatic carbocycles. The summed E-state index contributed by atoms with van der Waals surface area (Å²) in [6, 6.07) is 25.8. The molecule has 1 unspecified atom stereocenters. The van der Waals surface area contributed by atoms with E-state index in [1.807, 2.05) is 30.3 Å². The van der Waals surface area contributed by atoms with Crippen LogP contribution in [0.5, 0.6) is 0 Å². The van der Waals surface area contributed by atoms with E-state index in [1.165, 1.54) is 53.4 Å². The van der Waals surface area contributed by atoms with Crippen LogP contribution in [-0.2, 0) is 32.6 Å². The van der Waals surface area contributed by atoms with Gasteiger partial charge in [-0.2, -0.15) is 0 Å². The molecule has 0 saturated heterocycles. The summed E-state index contributed by atoms with van der Waals surface area (Å²) in [5.74, 6) is -2.13. The van der Waals surface area contributed by atoms with Crippen molar-refractivity contribution < 1.29 is 26.8 Å². The molecule has 0 bridgehead atoms. The average Bonchev–Trinajstić information content (AvgIpc) is 2.99. The number of halogens is 2. The van der Waals surface area contributed by atoms with E-state index in [-0.39, 0.29) is 29.6 Å². The maximum atomic E-state index is 14.3. The van der Waals surface area contributed by atoms with Crippen molar-refractivity contribution in [3.05, 3.63) is 132 Å². The highest BCUT2D eigenvalue weighted by Crippen LogP contribution is 2.25. The van der Waals surface area contributed by atoms with Gasteiger partial charge < -0.3 is 10.2 Å². The van der Waals surface area contributed by atoms with Gasteiger partial charge in [0.05, 0.1) is 10.6 Å². The highest BCUT2D eigenvalue weighted by molar-refractivity contribution is 7.92. The molecule has 1 N–H and O–H groups in total. The number of hydrogen-bond acceptors (Lipinski definition) is 4. The summed E-state index contributed by atoms with van der Waals surface area (Å²) in [7, 11) is -4.28. The van der Waals surface area contributed by atoms with Gasteiger partial charge >= 0.3 is 0 Å². The quantitative estimate of drug-likeness (QED) is 0.237. The lowest BCUT2D eigenvalue weighted by Crippen LogP contribution is -2.54. The van der Waals surface area contributed by atoms with Crippen LogP contribution in [0.3, 0.4) is 0 Å². The summed E-state index contributed by atoms with van der Waals surface area (Å²) in [6.07, 6.45) is 0.147. The van der Waals surface area contributed by atoms with Crippen LogP contribution in [0.15, 0.2) is 114 Å². The van der Waals surface area contributed by atoms with Gasteiger partial charge in [-0.1, -0.05) is 60.7 Å². The lowest BCUT2D eigenvalue weighted by atomic mass is 10.0. The average molecular weight is 606 g/mol. The van der Waals surface area contributed by atoms with Crippen LogP contribution in [0.2, 0.25) is 0 Å². The third-order valence-corrected chi connectivity index (χ3v) is 8.48. The fraction of sp³-hybridized carbons (Fsp3) is 0.212. The van der Waals surface area contributed by atoms with Gasteiger partial charge in [0, 0.05) is 19.0 Å². The van der Waals surface area contributed by atoms with E-state index in [1.54, 1.807) is 32.0 Å². The summed E-state index contributed by atoms with van der Waals surface area (Å²) >= 11 is 0. The molecule has 4 aromatic rings. The van der Waals surface area contributed by atoms with E-state index in [2.05, 4.69) is 5.32 Å². The molecule has 7 nitrogen and oxygen atoms in total. The second-order valence-corrected chi connectivity index (χ2v) is 12.2. The Morgan fingerprint density at radius 3 is 1.84 bits per heavy atom. The molecule has 2 amide bonds. The van der Waals surface area contributed by atoms with Gasteiger partial charge in [-0.05, 0) is 73.5 Å². The van der Waals surface area contributed by atoms with E-state index in [9.17, 15) is 26.8 Å². The van der Waals surface area contributed by atoms with Crippen molar-refractivity contribution in [2.24, 2.45) is 0 Å². The fourth-order valence-electron chi connectivity index (χ4n) is 4.58. The Morgan fingerprint density at radius 1 is 0.744 bits per heavy atom. The van der Waals surface area contributed by atoms with Gasteiger partial charge in [-0.3, -0.25) is 13.9 Å². The number of sulfonamides is 1. The van der Waals surface area contributed by atoms with Crippen LogP contribution in [0.4, 0.5) is 14.5 Å². The van der Waals surface area contributed by atoms with E-state index in [0.29, 0.717) is 5.56 Å². The van der Waals surface area contributed by atoms with Crippen LogP contribution in [0, 0.1) is 11.6 Å². The number of nitrogens with zero attached hydrogens (tertiary/aromatic N) is 2. The lowest BCUT2D eigenvalue weighted by molar-refractivity contribution is -0.140. The maximum Gasteiger partial charge on any atom is 0.264 e. The summed E-state index contributed by atoms with van der Waals surface area (Å²) in [5.41, 5.74) is 1.41. The third kappa shape index (κ3) is 8.26. The molecule has 0 fully saturated rings. The molecular weight excluding hydrogens is 572 g/mol. The SMILES string of the molecule is CC(C)NC(=O)C(Cc1ccccc1)N(Cc1ccc(F)cc1)C(=O)CN(c1ccc(F)cc1)S(=O)(=O)c1ccccc1. The number of rotatable bonds is 12. The zero-order valence-corrected chi connectivity index (χ0v) is 24.7. The second kappa shape index (κ2) is 14.1. The molecule has 0 aromatic heterocycles. The number of nitrogens with one attached hydrogen (secondary N) is 1. The topological polar surface area (TPSA) is 86.8 Å². The van der Waals surface area contributed by atoms with Crippen LogP contribution >= 0.6 is 0 Å². The Bertz CT molecular complexity index is 1620. The third-order valence-electron chi connectivity index (χ3n) is 6.69. The normalized spacial score (nSPS) is 12.0. The van der Waals surface area contributed by atoms with Crippen molar-refractivity contribution in [2.75, 3.05) is 10.8 Å². The van der Waals surface area contributed by atoms with Crippen molar-refractivity contribution >= 4 is 27.5 Å². The summed E-state index contributed by atoms with van der Waals surface area (Å²) in [4.78, 5) is 29.1. The molecule has 1 atom stereocenters. The predicted octanol–water partition coefficient (Wildman–Crippen LogP) is 5.32. The molecule has 0 saturated carbocycles. The molecule has 0 heterocycles. The number of benzene rings is 4. The van der Waals surface area contributed by atoms with Crippen molar-refractivity contribution in [1.29, 1.82) is 0 Å². The Balaban J connectivity index is 1.79. The molecule has 0 radical (unpaired) electrons. The minimum absolute atomic E-state index is 0.0596. The molecule has 0 aliphatic rings. The Kier molecular flexibility index (Phi) is 10.3. The van der Waals surface area contributed by atoms with Crippen molar-refractivity contribution in [3.63, 3.8) is 0 Å². The zero-order chi connectivity index (χ0) is 31.0. The molecular formula is C33H33F2N3O4S. The molecule has 0 aliphatic heterocycles. The number of hydrogen-bond donors (Lipinski definition) is 1. The Labute approximate surface area is 250 Å². The van der Waals surface area contributed by atoms with Crippen molar-refractivity contribution in [1.82, 2.24) is 10.2 Å². The first-order valence-corrected chi connectivity index (χ1v) is 15.2. The maximum absolute atomic E-state index is 14.3.